The minimum Gasteiger partial charge on any atom is -0.207 e. The van der Waals surface area contributed by atoms with Crippen LogP contribution in [0.25, 0.3) is 0 Å². The Morgan fingerprint density at radius 3 is 1.25 bits per heavy atom. The predicted molar refractivity (Wildman–Crippen MR) is 99.5 cm³/mol. The molecule has 28 heavy (non-hydrogen) atoms. The van der Waals surface area contributed by atoms with Crippen LogP contribution < -0.4 is 0 Å². The molecule has 1 fully saturated rings. The third-order valence-corrected chi connectivity index (χ3v) is 8.70. The van der Waals surface area contributed by atoms with Gasteiger partial charge in [0.05, 0.1) is 9.79 Å². The van der Waals surface area contributed by atoms with E-state index in [1.807, 2.05) is 0 Å². The van der Waals surface area contributed by atoms with Gasteiger partial charge in [0.15, 0.2) is 0 Å². The molecule has 2 aromatic rings. The molecule has 2 atom stereocenters. The van der Waals surface area contributed by atoms with Crippen LogP contribution in [0.3, 0.4) is 0 Å². The highest BCUT2D eigenvalue weighted by Gasteiger charge is 2.41. The molecule has 1 aliphatic heterocycles. The second-order valence-electron chi connectivity index (χ2n) is 6.76. The molecule has 2 aromatic carbocycles. The molecule has 0 N–H and O–H groups in total. The Bertz CT molecular complexity index is 968. The maximum Gasteiger partial charge on any atom is 0.243 e. The number of halogens is 2. The van der Waals surface area contributed by atoms with Crippen molar-refractivity contribution in [2.24, 2.45) is 0 Å². The number of sulfonamides is 2. The van der Waals surface area contributed by atoms with Crippen molar-refractivity contribution in [1.82, 2.24) is 8.61 Å². The van der Waals surface area contributed by atoms with E-state index in [0.717, 1.165) is 24.3 Å². The Hall–Kier alpha value is -1.88. The third-order valence-electron chi connectivity index (χ3n) is 4.71. The first-order valence-corrected chi connectivity index (χ1v) is 11.5. The summed E-state index contributed by atoms with van der Waals surface area (Å²) >= 11 is 0. The predicted octanol–water partition coefficient (Wildman–Crippen LogP) is 2.44. The number of hydrogen-bond donors (Lipinski definition) is 0. The molecular weight excluding hydrogens is 410 g/mol. The minimum atomic E-state index is -3.90. The molecule has 1 saturated heterocycles. The Morgan fingerprint density at radius 1 is 0.679 bits per heavy atom. The van der Waals surface area contributed by atoms with Crippen LogP contribution in [-0.4, -0.2) is 50.6 Å². The monoisotopic (exact) mass is 430 g/mol. The van der Waals surface area contributed by atoms with Gasteiger partial charge in [0.1, 0.15) is 11.6 Å². The summed E-state index contributed by atoms with van der Waals surface area (Å²) in [6, 6.07) is 7.72. The number of hydrogen-bond acceptors (Lipinski definition) is 4. The molecule has 3 rings (SSSR count). The van der Waals surface area contributed by atoms with Gasteiger partial charge in [-0.3, -0.25) is 0 Å². The molecule has 10 heteroatoms. The van der Waals surface area contributed by atoms with Gasteiger partial charge < -0.3 is 0 Å². The summed E-state index contributed by atoms with van der Waals surface area (Å²) in [6.07, 6.45) is 0. The van der Waals surface area contributed by atoms with Crippen molar-refractivity contribution in [3.8, 4) is 0 Å². The standard InChI is InChI=1S/C18H20F2N2O4S2/c1-13-11-22(28(25,26)18-9-5-16(20)6-10-18)14(2)12-21(13)27(23,24)17-7-3-15(19)4-8-17/h3-10,13-14H,11-12H2,1-2H3. The maximum atomic E-state index is 13.1. The van der Waals surface area contributed by atoms with E-state index in [0.29, 0.717) is 0 Å². The number of piperazine rings is 1. The zero-order valence-electron chi connectivity index (χ0n) is 15.3. The summed E-state index contributed by atoms with van der Waals surface area (Å²) in [6.45, 7) is 3.11. The Kier molecular flexibility index (Phi) is 5.59. The van der Waals surface area contributed by atoms with E-state index in [-0.39, 0.29) is 22.9 Å². The third kappa shape index (κ3) is 3.82. The van der Waals surface area contributed by atoms with E-state index in [1.165, 1.54) is 32.9 Å². The van der Waals surface area contributed by atoms with Gasteiger partial charge in [0.25, 0.3) is 0 Å². The number of benzene rings is 2. The minimum absolute atomic E-state index is 0.0530. The maximum absolute atomic E-state index is 13.1. The zero-order chi connectivity index (χ0) is 20.7. The molecule has 0 aliphatic carbocycles. The fourth-order valence-electron chi connectivity index (χ4n) is 3.22. The first-order chi connectivity index (χ1) is 13.0. The molecule has 0 bridgehead atoms. The molecule has 1 aliphatic rings. The largest absolute Gasteiger partial charge is 0.243 e. The van der Waals surface area contributed by atoms with Crippen LogP contribution in [-0.2, 0) is 20.0 Å². The van der Waals surface area contributed by atoms with Crippen molar-refractivity contribution in [2.45, 2.75) is 35.7 Å². The normalized spacial score (nSPS) is 22.3. The molecule has 0 spiro atoms. The van der Waals surface area contributed by atoms with E-state index in [1.54, 1.807) is 13.8 Å². The van der Waals surface area contributed by atoms with E-state index >= 15 is 0 Å². The van der Waals surface area contributed by atoms with Crippen LogP contribution in [0.15, 0.2) is 58.3 Å². The number of rotatable bonds is 4. The van der Waals surface area contributed by atoms with Crippen LogP contribution in [0, 0.1) is 11.6 Å². The highest BCUT2D eigenvalue weighted by molar-refractivity contribution is 7.89. The van der Waals surface area contributed by atoms with Crippen molar-refractivity contribution in [2.75, 3.05) is 13.1 Å². The molecular formula is C18H20F2N2O4S2. The van der Waals surface area contributed by atoms with Gasteiger partial charge in [0, 0.05) is 25.2 Å². The molecule has 0 aromatic heterocycles. The van der Waals surface area contributed by atoms with E-state index < -0.39 is 43.8 Å². The fourth-order valence-corrected chi connectivity index (χ4v) is 6.62. The topological polar surface area (TPSA) is 74.8 Å². The van der Waals surface area contributed by atoms with Crippen molar-refractivity contribution in [1.29, 1.82) is 0 Å². The van der Waals surface area contributed by atoms with Crippen molar-refractivity contribution < 1.29 is 25.6 Å². The number of nitrogens with zero attached hydrogens (tertiary/aromatic N) is 2. The van der Waals surface area contributed by atoms with Gasteiger partial charge >= 0.3 is 0 Å². The van der Waals surface area contributed by atoms with E-state index in [9.17, 15) is 25.6 Å². The van der Waals surface area contributed by atoms with Gasteiger partial charge in [-0.15, -0.1) is 0 Å². The molecule has 0 radical (unpaired) electrons. The van der Waals surface area contributed by atoms with Gasteiger partial charge in [-0.05, 0) is 62.4 Å². The van der Waals surface area contributed by atoms with Gasteiger partial charge in [-0.1, -0.05) is 0 Å². The lowest BCUT2D eigenvalue weighted by Gasteiger charge is -2.42. The zero-order valence-corrected chi connectivity index (χ0v) is 16.9. The summed E-state index contributed by atoms with van der Waals surface area (Å²) in [4.78, 5) is -0.106. The molecule has 0 amide bonds. The second kappa shape index (κ2) is 7.51. The van der Waals surface area contributed by atoms with Crippen LogP contribution in [0.1, 0.15) is 13.8 Å². The lowest BCUT2D eigenvalue weighted by atomic mass is 10.2. The highest BCUT2D eigenvalue weighted by atomic mass is 32.2. The second-order valence-corrected chi connectivity index (χ2v) is 10.5. The summed E-state index contributed by atoms with van der Waals surface area (Å²) in [5, 5.41) is 0. The Balaban J connectivity index is 1.88. The van der Waals surface area contributed by atoms with Crippen molar-refractivity contribution in [3.63, 3.8) is 0 Å². The van der Waals surface area contributed by atoms with Crippen LogP contribution in [0.4, 0.5) is 8.78 Å². The smallest absolute Gasteiger partial charge is 0.207 e. The van der Waals surface area contributed by atoms with Crippen LogP contribution in [0.5, 0.6) is 0 Å². The lowest BCUT2D eigenvalue weighted by molar-refractivity contribution is 0.163. The molecule has 152 valence electrons. The molecule has 6 nitrogen and oxygen atoms in total. The highest BCUT2D eigenvalue weighted by Crippen LogP contribution is 2.28. The summed E-state index contributed by atoms with van der Waals surface area (Å²) < 4.78 is 80.3. The SMILES string of the molecule is CC1CN(S(=O)(=O)c2ccc(F)cc2)C(C)CN1S(=O)(=O)c1ccc(F)cc1. The summed E-state index contributed by atoms with van der Waals surface area (Å²) in [7, 11) is -7.81. The van der Waals surface area contributed by atoms with Crippen LogP contribution in [0.2, 0.25) is 0 Å². The average Bonchev–Trinajstić information content (AvgIpc) is 2.63. The van der Waals surface area contributed by atoms with Crippen LogP contribution >= 0.6 is 0 Å². The quantitative estimate of drug-likeness (QED) is 0.747. The average molecular weight is 430 g/mol. The molecule has 0 saturated carbocycles. The van der Waals surface area contributed by atoms with Gasteiger partial charge in [-0.2, -0.15) is 8.61 Å². The van der Waals surface area contributed by atoms with E-state index in [2.05, 4.69) is 0 Å². The molecule has 1 heterocycles. The van der Waals surface area contributed by atoms with Crippen molar-refractivity contribution in [3.05, 3.63) is 60.2 Å². The lowest BCUT2D eigenvalue weighted by Crippen LogP contribution is -2.59. The Labute approximate surface area is 163 Å². The summed E-state index contributed by atoms with van der Waals surface area (Å²) in [5.74, 6) is -1.09. The van der Waals surface area contributed by atoms with Gasteiger partial charge in [-0.25, -0.2) is 25.6 Å². The van der Waals surface area contributed by atoms with Crippen molar-refractivity contribution >= 4 is 20.0 Å². The van der Waals surface area contributed by atoms with Gasteiger partial charge in [0.2, 0.25) is 20.0 Å². The summed E-state index contributed by atoms with van der Waals surface area (Å²) in [5.41, 5.74) is 0. The first-order valence-electron chi connectivity index (χ1n) is 8.58. The Morgan fingerprint density at radius 2 is 0.964 bits per heavy atom. The molecule has 2 unspecified atom stereocenters. The van der Waals surface area contributed by atoms with E-state index in [4.69, 9.17) is 0 Å². The first kappa shape index (κ1) is 20.8. The fraction of sp³-hybridized carbons (Fsp3) is 0.333.